The molecule has 0 aliphatic heterocycles. The first-order chi connectivity index (χ1) is 7.50. The fourth-order valence-electron chi connectivity index (χ4n) is 0.960. The summed E-state index contributed by atoms with van der Waals surface area (Å²) in [6.45, 7) is 2.24. The minimum Gasteiger partial charge on any atom is -0.476 e. The summed E-state index contributed by atoms with van der Waals surface area (Å²) in [5.74, 6) is -1.40. The van der Waals surface area contributed by atoms with Crippen molar-refractivity contribution in [2.45, 2.75) is 19.5 Å². The summed E-state index contributed by atoms with van der Waals surface area (Å²) in [4.78, 5) is 21.6. The van der Waals surface area contributed by atoms with Crippen molar-refractivity contribution >= 4 is 11.9 Å². The molecular formula is C8H13N5O3. The van der Waals surface area contributed by atoms with Crippen LogP contribution in [0, 0.1) is 0 Å². The molecule has 1 heterocycles. The van der Waals surface area contributed by atoms with Crippen LogP contribution in [-0.4, -0.2) is 44.6 Å². The van der Waals surface area contributed by atoms with E-state index in [0.717, 1.165) is 0 Å². The van der Waals surface area contributed by atoms with E-state index in [9.17, 15) is 9.59 Å². The lowest BCUT2D eigenvalue weighted by molar-refractivity contribution is -0.122. The molecule has 16 heavy (non-hydrogen) atoms. The van der Waals surface area contributed by atoms with Crippen LogP contribution in [0.25, 0.3) is 0 Å². The Morgan fingerprint density at radius 3 is 2.88 bits per heavy atom. The maximum atomic E-state index is 11.1. The summed E-state index contributed by atoms with van der Waals surface area (Å²) in [6, 6.07) is -0.565. The van der Waals surface area contributed by atoms with Gasteiger partial charge in [0.1, 0.15) is 0 Å². The lowest BCUT2D eigenvalue weighted by atomic mass is 10.3. The van der Waals surface area contributed by atoms with Crippen molar-refractivity contribution in [1.29, 1.82) is 0 Å². The Hall–Kier alpha value is -1.96. The molecule has 0 aliphatic carbocycles. The monoisotopic (exact) mass is 227 g/mol. The molecule has 0 aliphatic rings. The molecule has 1 rings (SSSR count). The van der Waals surface area contributed by atoms with Crippen LogP contribution in [0.2, 0.25) is 0 Å². The fourth-order valence-corrected chi connectivity index (χ4v) is 0.960. The molecule has 1 atom stereocenters. The van der Waals surface area contributed by atoms with E-state index in [4.69, 9.17) is 10.8 Å². The van der Waals surface area contributed by atoms with Crippen molar-refractivity contribution < 1.29 is 14.7 Å². The zero-order chi connectivity index (χ0) is 12.1. The topological polar surface area (TPSA) is 123 Å². The largest absolute Gasteiger partial charge is 0.476 e. The predicted octanol–water partition coefficient (Wildman–Crippen LogP) is -1.56. The molecule has 0 bridgehead atoms. The summed E-state index contributed by atoms with van der Waals surface area (Å²) in [6.07, 6.45) is 1.29. The zero-order valence-electron chi connectivity index (χ0n) is 8.75. The third-order valence-electron chi connectivity index (χ3n) is 1.81. The highest BCUT2D eigenvalue weighted by Gasteiger charge is 2.09. The molecule has 8 nitrogen and oxygen atoms in total. The quantitative estimate of drug-likeness (QED) is 0.559. The van der Waals surface area contributed by atoms with E-state index < -0.39 is 12.0 Å². The van der Waals surface area contributed by atoms with Crippen molar-refractivity contribution in [1.82, 2.24) is 20.3 Å². The van der Waals surface area contributed by atoms with Gasteiger partial charge in [-0.3, -0.25) is 4.79 Å². The van der Waals surface area contributed by atoms with Gasteiger partial charge in [0.15, 0.2) is 5.69 Å². The first-order valence-electron chi connectivity index (χ1n) is 4.67. The van der Waals surface area contributed by atoms with Gasteiger partial charge in [-0.2, -0.15) is 0 Å². The number of amides is 1. The molecule has 0 saturated carbocycles. The van der Waals surface area contributed by atoms with E-state index in [0.29, 0.717) is 13.1 Å². The molecule has 4 N–H and O–H groups in total. The van der Waals surface area contributed by atoms with Crippen LogP contribution < -0.4 is 11.1 Å². The van der Waals surface area contributed by atoms with Crippen molar-refractivity contribution in [3.63, 3.8) is 0 Å². The summed E-state index contributed by atoms with van der Waals surface area (Å²) >= 11 is 0. The van der Waals surface area contributed by atoms with Crippen LogP contribution in [0.4, 0.5) is 0 Å². The lowest BCUT2D eigenvalue weighted by Crippen LogP contribution is -2.39. The van der Waals surface area contributed by atoms with Crippen molar-refractivity contribution in [2.75, 3.05) is 6.54 Å². The molecule has 0 fully saturated rings. The molecule has 1 amide bonds. The van der Waals surface area contributed by atoms with Crippen LogP contribution in [0.15, 0.2) is 6.20 Å². The third-order valence-corrected chi connectivity index (χ3v) is 1.81. The molecule has 1 aromatic rings. The van der Waals surface area contributed by atoms with E-state index in [1.807, 2.05) is 0 Å². The Labute approximate surface area is 91.4 Å². The van der Waals surface area contributed by atoms with Crippen LogP contribution in [-0.2, 0) is 11.3 Å². The number of carbonyl (C=O) groups excluding carboxylic acids is 1. The number of hydrogen-bond donors (Lipinski definition) is 3. The molecule has 0 spiro atoms. The van der Waals surface area contributed by atoms with E-state index in [2.05, 4.69) is 15.6 Å². The first-order valence-corrected chi connectivity index (χ1v) is 4.67. The van der Waals surface area contributed by atoms with E-state index in [-0.39, 0.29) is 11.6 Å². The van der Waals surface area contributed by atoms with Crippen LogP contribution in [0.1, 0.15) is 17.4 Å². The average Bonchev–Trinajstić information content (AvgIpc) is 2.66. The first kappa shape index (κ1) is 12.1. The number of nitrogens with zero attached hydrogens (tertiary/aromatic N) is 3. The maximum absolute atomic E-state index is 11.1. The van der Waals surface area contributed by atoms with Crippen LogP contribution in [0.3, 0.4) is 0 Å². The Kier molecular flexibility index (Phi) is 3.95. The van der Waals surface area contributed by atoms with Gasteiger partial charge in [0.05, 0.1) is 18.8 Å². The Morgan fingerprint density at radius 2 is 2.38 bits per heavy atom. The normalized spacial score (nSPS) is 12.1. The Morgan fingerprint density at radius 1 is 1.69 bits per heavy atom. The number of carboxylic acids is 1. The predicted molar refractivity (Wildman–Crippen MR) is 53.6 cm³/mol. The van der Waals surface area contributed by atoms with Crippen LogP contribution >= 0.6 is 0 Å². The van der Waals surface area contributed by atoms with Crippen molar-refractivity contribution in [3.8, 4) is 0 Å². The molecule has 0 radical (unpaired) electrons. The number of nitrogens with one attached hydrogen (secondary N) is 1. The summed E-state index contributed by atoms with van der Waals surface area (Å²) in [5.41, 5.74) is 5.21. The minimum absolute atomic E-state index is 0.126. The van der Waals surface area contributed by atoms with E-state index in [1.54, 1.807) is 6.92 Å². The molecule has 0 unspecified atom stereocenters. The number of aromatic nitrogens is 3. The van der Waals surface area contributed by atoms with Crippen LogP contribution in [0.5, 0.6) is 0 Å². The third kappa shape index (κ3) is 3.31. The van der Waals surface area contributed by atoms with Gasteiger partial charge in [-0.1, -0.05) is 5.21 Å². The number of rotatable bonds is 5. The number of carboxylic acid groups (broad SMARTS) is 1. The molecule has 0 aromatic carbocycles. The highest BCUT2D eigenvalue weighted by atomic mass is 16.4. The lowest BCUT2D eigenvalue weighted by Gasteiger charge is -2.06. The number of nitrogens with two attached hydrogens (primary N) is 1. The van der Waals surface area contributed by atoms with Crippen molar-refractivity contribution in [2.24, 2.45) is 5.73 Å². The molecule has 8 heteroatoms. The minimum atomic E-state index is -1.13. The number of hydrogen-bond acceptors (Lipinski definition) is 5. The van der Waals surface area contributed by atoms with Gasteiger partial charge in [0.2, 0.25) is 5.91 Å². The van der Waals surface area contributed by atoms with E-state index in [1.165, 1.54) is 10.9 Å². The second-order valence-electron chi connectivity index (χ2n) is 3.25. The molecule has 1 aromatic heterocycles. The molecule has 0 saturated heterocycles. The van der Waals surface area contributed by atoms with Gasteiger partial charge in [0, 0.05) is 6.54 Å². The molecular weight excluding hydrogens is 214 g/mol. The highest BCUT2D eigenvalue weighted by Crippen LogP contribution is 1.91. The highest BCUT2D eigenvalue weighted by molar-refractivity contribution is 5.84. The van der Waals surface area contributed by atoms with Gasteiger partial charge in [-0.15, -0.1) is 5.10 Å². The number of aromatic carboxylic acids is 1. The Balaban J connectivity index is 2.37. The standard InChI is InChI=1S/C8H13N5O3/c1-5(9)7(14)10-2-3-13-4-6(8(15)16)11-12-13/h4-5H,2-3,9H2,1H3,(H,10,14)(H,15,16)/t5-/m0/s1. The van der Waals surface area contributed by atoms with Crippen molar-refractivity contribution in [3.05, 3.63) is 11.9 Å². The maximum Gasteiger partial charge on any atom is 0.358 e. The van der Waals surface area contributed by atoms with Gasteiger partial charge in [0.25, 0.3) is 0 Å². The van der Waals surface area contributed by atoms with Gasteiger partial charge in [-0.05, 0) is 6.92 Å². The van der Waals surface area contributed by atoms with Gasteiger partial charge < -0.3 is 16.2 Å². The average molecular weight is 227 g/mol. The van der Waals surface area contributed by atoms with Gasteiger partial charge in [-0.25, -0.2) is 9.48 Å². The molecule has 88 valence electrons. The van der Waals surface area contributed by atoms with E-state index >= 15 is 0 Å². The zero-order valence-corrected chi connectivity index (χ0v) is 8.75. The second kappa shape index (κ2) is 5.21. The Bertz CT molecular complexity index is 387. The second-order valence-corrected chi connectivity index (χ2v) is 3.25. The summed E-state index contributed by atoms with van der Waals surface area (Å²) in [7, 11) is 0. The SMILES string of the molecule is C[C@H](N)C(=O)NCCn1cc(C(=O)O)nn1. The number of carbonyl (C=O) groups is 2. The summed E-state index contributed by atoms with van der Waals surface area (Å²) in [5, 5.41) is 18.2. The van der Waals surface area contributed by atoms with Gasteiger partial charge >= 0.3 is 5.97 Å². The summed E-state index contributed by atoms with van der Waals surface area (Å²) < 4.78 is 1.34. The fraction of sp³-hybridized carbons (Fsp3) is 0.500. The smallest absolute Gasteiger partial charge is 0.358 e.